The fourth-order valence-electron chi connectivity index (χ4n) is 2.51. The van der Waals surface area contributed by atoms with Crippen molar-refractivity contribution >= 4 is 22.6 Å². The summed E-state index contributed by atoms with van der Waals surface area (Å²) in [6.45, 7) is 4.57. The molecule has 0 spiro atoms. The summed E-state index contributed by atoms with van der Waals surface area (Å²) in [5, 5.41) is 10.4. The molecule has 3 aromatic rings. The van der Waals surface area contributed by atoms with Gasteiger partial charge in [-0.3, -0.25) is 0 Å². The average molecular weight is 331 g/mol. The topological polar surface area (TPSA) is 47.3 Å². The number of aliphatic hydroxyl groups is 1. The van der Waals surface area contributed by atoms with Crippen LogP contribution in [0.2, 0.25) is 5.02 Å². The normalized spacial score (nSPS) is 12.5. The molecule has 1 N–H and O–H groups in total. The van der Waals surface area contributed by atoms with Crippen LogP contribution in [-0.2, 0) is 13.2 Å². The number of aryl methyl sites for hydroxylation is 1. The Morgan fingerprint density at radius 1 is 1.22 bits per heavy atom. The van der Waals surface area contributed by atoms with E-state index in [0.29, 0.717) is 18.2 Å². The summed E-state index contributed by atoms with van der Waals surface area (Å²) in [5.41, 5.74) is 2.94. The number of fused-ring (bicyclic) bond motifs is 1. The minimum absolute atomic E-state index is 0.335. The molecule has 4 nitrogen and oxygen atoms in total. The second-order valence-electron chi connectivity index (χ2n) is 5.72. The van der Waals surface area contributed by atoms with E-state index in [2.05, 4.69) is 4.98 Å². The molecule has 23 heavy (non-hydrogen) atoms. The maximum atomic E-state index is 9.77. The largest absolute Gasteiger partial charge is 0.486 e. The zero-order chi connectivity index (χ0) is 16.4. The van der Waals surface area contributed by atoms with Crippen molar-refractivity contribution in [3.8, 4) is 5.75 Å². The van der Waals surface area contributed by atoms with Crippen LogP contribution >= 0.6 is 11.6 Å². The molecule has 0 radical (unpaired) electrons. The Morgan fingerprint density at radius 3 is 2.65 bits per heavy atom. The molecule has 120 valence electrons. The maximum absolute atomic E-state index is 9.77. The molecule has 0 fully saturated rings. The van der Waals surface area contributed by atoms with E-state index in [1.165, 1.54) is 5.56 Å². The van der Waals surface area contributed by atoms with Crippen molar-refractivity contribution in [2.24, 2.45) is 0 Å². The number of benzene rings is 2. The average Bonchev–Trinajstić information content (AvgIpc) is 2.84. The highest BCUT2D eigenvalue weighted by molar-refractivity contribution is 6.31. The van der Waals surface area contributed by atoms with Gasteiger partial charge in [0.25, 0.3) is 0 Å². The Morgan fingerprint density at radius 2 is 1.96 bits per heavy atom. The molecule has 3 rings (SSSR count). The first kappa shape index (κ1) is 15.8. The van der Waals surface area contributed by atoms with Gasteiger partial charge in [0, 0.05) is 5.02 Å². The van der Waals surface area contributed by atoms with E-state index < -0.39 is 6.10 Å². The van der Waals surface area contributed by atoms with E-state index in [1.807, 2.05) is 54.0 Å². The highest BCUT2D eigenvalue weighted by atomic mass is 35.5. The number of hydrogen-bond donors (Lipinski definition) is 1. The highest BCUT2D eigenvalue weighted by Crippen LogP contribution is 2.22. The lowest BCUT2D eigenvalue weighted by molar-refractivity contribution is 0.171. The molecule has 0 aliphatic carbocycles. The van der Waals surface area contributed by atoms with E-state index in [-0.39, 0.29) is 0 Å². The second kappa shape index (κ2) is 6.60. The summed E-state index contributed by atoms with van der Waals surface area (Å²) in [7, 11) is 0. The number of ether oxygens (including phenoxy) is 1. The van der Waals surface area contributed by atoms with E-state index in [0.717, 1.165) is 22.6 Å². The lowest BCUT2D eigenvalue weighted by Crippen LogP contribution is -2.15. The van der Waals surface area contributed by atoms with Crippen molar-refractivity contribution in [1.82, 2.24) is 9.55 Å². The Bertz CT molecular complexity index is 810. The fourth-order valence-corrected chi connectivity index (χ4v) is 2.67. The van der Waals surface area contributed by atoms with Crippen LogP contribution in [0.5, 0.6) is 5.75 Å². The van der Waals surface area contributed by atoms with E-state index in [1.54, 1.807) is 6.92 Å². The number of imidazole rings is 1. The van der Waals surface area contributed by atoms with Gasteiger partial charge in [-0.2, -0.15) is 0 Å². The lowest BCUT2D eigenvalue weighted by atomic mass is 10.2. The number of hydrogen-bond acceptors (Lipinski definition) is 3. The van der Waals surface area contributed by atoms with Crippen LogP contribution in [0.15, 0.2) is 42.5 Å². The van der Waals surface area contributed by atoms with Gasteiger partial charge in [-0.25, -0.2) is 4.98 Å². The summed E-state index contributed by atoms with van der Waals surface area (Å²) in [4.78, 5) is 4.61. The molecule has 5 heteroatoms. The first-order chi connectivity index (χ1) is 11.0. The predicted octanol–water partition coefficient (Wildman–Crippen LogP) is 3.96. The molecule has 0 aliphatic rings. The molecule has 0 bridgehead atoms. The van der Waals surface area contributed by atoms with Crippen LogP contribution < -0.4 is 4.74 Å². The summed E-state index contributed by atoms with van der Waals surface area (Å²) >= 11 is 6.09. The van der Waals surface area contributed by atoms with Gasteiger partial charge in [-0.05, 0) is 44.2 Å². The van der Waals surface area contributed by atoms with Gasteiger partial charge in [0.2, 0.25) is 0 Å². The quantitative estimate of drug-likeness (QED) is 0.770. The standard InChI is InChI=1S/C18H19ClN2O2/c1-12-3-6-15(7-4-12)23-11-18-20-16-8-5-14(19)9-17(16)21(18)10-13(2)22/h3-9,13,22H,10-11H2,1-2H3. The first-order valence-electron chi connectivity index (χ1n) is 7.55. The van der Waals surface area contributed by atoms with Gasteiger partial charge in [-0.15, -0.1) is 0 Å². The number of aromatic nitrogens is 2. The zero-order valence-electron chi connectivity index (χ0n) is 13.2. The first-order valence-corrected chi connectivity index (χ1v) is 7.93. The number of aliphatic hydroxyl groups excluding tert-OH is 1. The van der Waals surface area contributed by atoms with Gasteiger partial charge in [-0.1, -0.05) is 29.3 Å². The van der Waals surface area contributed by atoms with Gasteiger partial charge < -0.3 is 14.4 Å². The van der Waals surface area contributed by atoms with Crippen molar-refractivity contribution in [1.29, 1.82) is 0 Å². The van der Waals surface area contributed by atoms with E-state index in [4.69, 9.17) is 16.3 Å². The molecule has 0 saturated carbocycles. The Hall–Kier alpha value is -2.04. The molecule has 0 amide bonds. The van der Waals surface area contributed by atoms with Crippen molar-refractivity contribution < 1.29 is 9.84 Å². The van der Waals surface area contributed by atoms with Gasteiger partial charge >= 0.3 is 0 Å². The summed E-state index contributed by atoms with van der Waals surface area (Å²) in [6, 6.07) is 13.4. The molecular weight excluding hydrogens is 312 g/mol. The monoisotopic (exact) mass is 330 g/mol. The maximum Gasteiger partial charge on any atom is 0.148 e. The van der Waals surface area contributed by atoms with Crippen molar-refractivity contribution in [3.05, 3.63) is 58.9 Å². The Balaban J connectivity index is 1.90. The highest BCUT2D eigenvalue weighted by Gasteiger charge is 2.13. The van der Waals surface area contributed by atoms with Crippen LogP contribution in [0.3, 0.4) is 0 Å². The number of nitrogens with zero attached hydrogens (tertiary/aromatic N) is 2. The van der Waals surface area contributed by atoms with Gasteiger partial charge in [0.05, 0.1) is 23.7 Å². The van der Waals surface area contributed by atoms with Crippen LogP contribution in [0, 0.1) is 6.92 Å². The molecule has 2 aromatic carbocycles. The third kappa shape index (κ3) is 3.66. The summed E-state index contributed by atoms with van der Waals surface area (Å²) in [5.74, 6) is 1.56. The molecular formula is C18H19ClN2O2. The minimum Gasteiger partial charge on any atom is -0.486 e. The van der Waals surface area contributed by atoms with Gasteiger partial charge in [0.1, 0.15) is 18.2 Å². The molecule has 1 unspecified atom stereocenters. The van der Waals surface area contributed by atoms with E-state index >= 15 is 0 Å². The predicted molar refractivity (Wildman–Crippen MR) is 91.9 cm³/mol. The summed E-state index contributed by atoms with van der Waals surface area (Å²) in [6.07, 6.45) is -0.482. The van der Waals surface area contributed by atoms with Crippen LogP contribution in [0.1, 0.15) is 18.3 Å². The van der Waals surface area contributed by atoms with Crippen molar-refractivity contribution in [3.63, 3.8) is 0 Å². The smallest absolute Gasteiger partial charge is 0.148 e. The second-order valence-corrected chi connectivity index (χ2v) is 6.16. The minimum atomic E-state index is -0.482. The number of rotatable bonds is 5. The molecule has 1 aromatic heterocycles. The molecule has 0 aliphatic heterocycles. The van der Waals surface area contributed by atoms with Crippen molar-refractivity contribution in [2.75, 3.05) is 0 Å². The fraction of sp³-hybridized carbons (Fsp3) is 0.278. The zero-order valence-corrected chi connectivity index (χ0v) is 13.9. The third-order valence-electron chi connectivity index (χ3n) is 3.63. The molecule has 1 atom stereocenters. The third-order valence-corrected chi connectivity index (χ3v) is 3.86. The molecule has 0 saturated heterocycles. The Kier molecular flexibility index (Phi) is 4.55. The summed E-state index contributed by atoms with van der Waals surface area (Å²) < 4.78 is 7.79. The van der Waals surface area contributed by atoms with Crippen molar-refractivity contribution in [2.45, 2.75) is 33.1 Å². The van der Waals surface area contributed by atoms with Crippen LogP contribution in [0.25, 0.3) is 11.0 Å². The van der Waals surface area contributed by atoms with Crippen LogP contribution in [0.4, 0.5) is 0 Å². The van der Waals surface area contributed by atoms with Gasteiger partial charge in [0.15, 0.2) is 0 Å². The number of halogens is 1. The SMILES string of the molecule is Cc1ccc(OCc2nc3ccc(Cl)cc3n2CC(C)O)cc1. The Labute approximate surface area is 140 Å². The lowest BCUT2D eigenvalue weighted by Gasteiger charge is -2.12. The molecule has 1 heterocycles. The van der Waals surface area contributed by atoms with Crippen LogP contribution in [-0.4, -0.2) is 20.8 Å². The van der Waals surface area contributed by atoms with E-state index in [9.17, 15) is 5.11 Å².